The van der Waals surface area contributed by atoms with Crippen LogP contribution in [0.3, 0.4) is 0 Å². The SMILES string of the molecule is C=C1C(=O)O[C@@H]2[C@@H]3[C@]4(C)C=C[C@]3(C[C@]43C(=O)O[C@@H]4[C@@H]5C(C)=CC(=O)C5=C(C)C[C@H](OC(=O)/C(C)=C/C)[C@H]43)[C@](C)(O)CC[C@@H]12. The lowest BCUT2D eigenvalue weighted by Gasteiger charge is -2.46. The molecule has 0 amide bonds. The largest absolute Gasteiger partial charge is 0.460 e. The molecule has 2 heterocycles. The number of hydrogen-bond acceptors (Lipinski definition) is 8. The normalized spacial score (nSPS) is 47.9. The summed E-state index contributed by atoms with van der Waals surface area (Å²) >= 11 is 0. The predicted molar refractivity (Wildman–Crippen MR) is 155 cm³/mol. The molecule has 43 heavy (non-hydrogen) atoms. The number of allylic oxidation sites excluding steroid dienone is 3. The summed E-state index contributed by atoms with van der Waals surface area (Å²) in [6.45, 7) is 15.1. The molecule has 7 aliphatic rings. The third-order valence-electron chi connectivity index (χ3n) is 12.7. The van der Waals surface area contributed by atoms with Gasteiger partial charge in [0.05, 0.1) is 16.9 Å². The molecule has 2 saturated heterocycles. The lowest BCUT2D eigenvalue weighted by molar-refractivity contribution is -0.159. The van der Waals surface area contributed by atoms with Gasteiger partial charge in [-0.1, -0.05) is 42.9 Å². The zero-order valence-corrected chi connectivity index (χ0v) is 25.7. The molecule has 7 rings (SSSR count). The van der Waals surface area contributed by atoms with E-state index in [0.717, 1.165) is 11.1 Å². The molecule has 2 saturated carbocycles. The van der Waals surface area contributed by atoms with Gasteiger partial charge in [-0.2, -0.15) is 0 Å². The molecule has 8 nitrogen and oxygen atoms in total. The monoisotopic (exact) mass is 588 g/mol. The Morgan fingerprint density at radius 2 is 1.86 bits per heavy atom. The number of carbonyl (C=O) groups excluding carboxylic acids is 4. The average molecular weight is 589 g/mol. The van der Waals surface area contributed by atoms with Gasteiger partial charge in [0.25, 0.3) is 0 Å². The van der Waals surface area contributed by atoms with Gasteiger partial charge in [0.2, 0.25) is 0 Å². The number of esters is 3. The summed E-state index contributed by atoms with van der Waals surface area (Å²) in [5, 5.41) is 12.3. The summed E-state index contributed by atoms with van der Waals surface area (Å²) in [5.74, 6) is -3.18. The van der Waals surface area contributed by atoms with E-state index < -0.39 is 75.8 Å². The van der Waals surface area contributed by atoms with Crippen molar-refractivity contribution in [2.45, 2.75) is 91.1 Å². The Morgan fingerprint density at radius 3 is 2.56 bits per heavy atom. The number of rotatable bonds is 2. The first-order valence-corrected chi connectivity index (χ1v) is 15.4. The molecular weight excluding hydrogens is 548 g/mol. The lowest BCUT2D eigenvalue weighted by Crippen LogP contribution is -2.53. The number of aliphatic hydroxyl groups is 1. The maximum Gasteiger partial charge on any atom is 0.334 e. The summed E-state index contributed by atoms with van der Waals surface area (Å²) in [4.78, 5) is 54.2. The van der Waals surface area contributed by atoms with Crippen LogP contribution in [0.4, 0.5) is 0 Å². The Labute approximate surface area is 251 Å². The van der Waals surface area contributed by atoms with Gasteiger partial charge in [-0.05, 0) is 60.0 Å². The van der Waals surface area contributed by atoms with Crippen molar-refractivity contribution in [3.63, 3.8) is 0 Å². The molecule has 1 N–H and O–H groups in total. The van der Waals surface area contributed by atoms with Gasteiger partial charge in [-0.25, -0.2) is 9.59 Å². The standard InChI is InChI=1S/C35H40O8/c1-8-16(2)29(37)41-22-14-18(4)23-21(36)13-17(3)24(23)27-25(22)35(31(39)43-27)15-34-12-11-32(35,6)28(34)26-20(9-10-33(34,7)40)19(5)30(38)42-26/h8,11-13,20,22,24-28,40H,5,9-10,14-15H2,1-4,6-7H3/b16-8+/t20-,22-,24+,25+,26-,27+,28+,32-,33+,34+,35-/m0/s1. The molecule has 11 atom stereocenters. The Morgan fingerprint density at radius 1 is 1.14 bits per heavy atom. The van der Waals surface area contributed by atoms with Gasteiger partial charge in [-0.3, -0.25) is 9.59 Å². The number of ether oxygens (including phenoxy) is 3. The van der Waals surface area contributed by atoms with E-state index in [1.165, 1.54) is 0 Å². The zero-order valence-electron chi connectivity index (χ0n) is 25.7. The maximum absolute atomic E-state index is 14.7. The fourth-order valence-corrected chi connectivity index (χ4v) is 10.5. The number of fused-ring (bicyclic) bond motifs is 6. The molecule has 5 aliphatic carbocycles. The van der Waals surface area contributed by atoms with Crippen LogP contribution in [-0.2, 0) is 33.4 Å². The highest BCUT2D eigenvalue weighted by atomic mass is 16.6. The molecule has 4 fully saturated rings. The molecule has 0 aromatic heterocycles. The zero-order chi connectivity index (χ0) is 31.0. The van der Waals surface area contributed by atoms with E-state index in [0.29, 0.717) is 29.6 Å². The molecule has 1 spiro atoms. The molecule has 0 aromatic rings. The van der Waals surface area contributed by atoms with E-state index >= 15 is 0 Å². The summed E-state index contributed by atoms with van der Waals surface area (Å²) in [6.07, 6.45) is 6.82. The second-order valence-electron chi connectivity index (χ2n) is 14.5. The van der Waals surface area contributed by atoms with Crippen molar-refractivity contribution in [2.24, 2.45) is 39.9 Å². The van der Waals surface area contributed by atoms with Gasteiger partial charge in [0.1, 0.15) is 18.3 Å². The van der Waals surface area contributed by atoms with E-state index in [4.69, 9.17) is 14.2 Å². The van der Waals surface area contributed by atoms with Gasteiger partial charge in [0, 0.05) is 51.7 Å². The topological polar surface area (TPSA) is 116 Å². The second-order valence-corrected chi connectivity index (χ2v) is 14.5. The van der Waals surface area contributed by atoms with Gasteiger partial charge in [-0.15, -0.1) is 0 Å². The van der Waals surface area contributed by atoms with E-state index in [2.05, 4.69) is 6.58 Å². The highest BCUT2D eigenvalue weighted by Gasteiger charge is 2.84. The minimum absolute atomic E-state index is 0.0997. The maximum atomic E-state index is 14.7. The van der Waals surface area contributed by atoms with Crippen molar-refractivity contribution >= 4 is 23.7 Å². The minimum atomic E-state index is -1.22. The first-order chi connectivity index (χ1) is 20.1. The highest BCUT2D eigenvalue weighted by Crippen LogP contribution is 2.80. The van der Waals surface area contributed by atoms with Crippen molar-refractivity contribution in [3.8, 4) is 0 Å². The van der Waals surface area contributed by atoms with E-state index in [-0.39, 0.29) is 24.5 Å². The number of carbonyl (C=O) groups is 4. The number of hydrogen-bond donors (Lipinski definition) is 1. The van der Waals surface area contributed by atoms with Gasteiger partial charge in [0.15, 0.2) is 5.78 Å². The first-order valence-electron chi connectivity index (χ1n) is 15.4. The second kappa shape index (κ2) is 8.68. The molecular formula is C35H40O8. The molecule has 8 heteroatoms. The van der Waals surface area contributed by atoms with E-state index in [9.17, 15) is 24.3 Å². The molecule has 2 bridgehead atoms. The van der Waals surface area contributed by atoms with Gasteiger partial charge >= 0.3 is 17.9 Å². The Bertz CT molecular complexity index is 1540. The van der Waals surface area contributed by atoms with Crippen LogP contribution in [0, 0.1) is 39.9 Å². The molecule has 0 aromatic carbocycles. The van der Waals surface area contributed by atoms with Crippen LogP contribution in [0.1, 0.15) is 67.2 Å². The quantitative estimate of drug-likeness (QED) is 0.217. The number of ketones is 1. The third-order valence-corrected chi connectivity index (χ3v) is 12.7. The Balaban J connectivity index is 1.44. The van der Waals surface area contributed by atoms with Crippen LogP contribution in [-0.4, -0.2) is 52.7 Å². The van der Waals surface area contributed by atoms with E-state index in [1.807, 2.05) is 39.8 Å². The van der Waals surface area contributed by atoms with Crippen molar-refractivity contribution < 1.29 is 38.5 Å². The summed E-state index contributed by atoms with van der Waals surface area (Å²) in [6, 6.07) is 0. The van der Waals surface area contributed by atoms with Crippen LogP contribution < -0.4 is 0 Å². The van der Waals surface area contributed by atoms with Crippen molar-refractivity contribution in [1.29, 1.82) is 0 Å². The molecule has 0 unspecified atom stereocenters. The molecule has 2 aliphatic heterocycles. The summed E-state index contributed by atoms with van der Waals surface area (Å²) in [7, 11) is 0. The summed E-state index contributed by atoms with van der Waals surface area (Å²) in [5.41, 5.74) is -1.13. The smallest absolute Gasteiger partial charge is 0.334 e. The minimum Gasteiger partial charge on any atom is -0.460 e. The van der Waals surface area contributed by atoms with Crippen LogP contribution in [0.25, 0.3) is 0 Å². The van der Waals surface area contributed by atoms with Crippen LogP contribution in [0.15, 0.2) is 58.7 Å². The predicted octanol–water partition coefficient (Wildman–Crippen LogP) is 4.48. The average Bonchev–Trinajstić information content (AvgIpc) is 3.62. The third kappa shape index (κ3) is 3.20. The van der Waals surface area contributed by atoms with Crippen LogP contribution >= 0.6 is 0 Å². The lowest BCUT2D eigenvalue weighted by atomic mass is 9.54. The summed E-state index contributed by atoms with van der Waals surface area (Å²) < 4.78 is 18.8. The fraction of sp³-hybridized carbons (Fsp3) is 0.600. The van der Waals surface area contributed by atoms with Gasteiger partial charge < -0.3 is 19.3 Å². The van der Waals surface area contributed by atoms with Crippen molar-refractivity contribution in [1.82, 2.24) is 0 Å². The molecule has 228 valence electrons. The van der Waals surface area contributed by atoms with Crippen molar-refractivity contribution in [2.75, 3.05) is 0 Å². The van der Waals surface area contributed by atoms with Crippen molar-refractivity contribution in [3.05, 3.63) is 58.7 Å². The van der Waals surface area contributed by atoms with E-state index in [1.54, 1.807) is 26.0 Å². The van der Waals surface area contributed by atoms with Crippen LogP contribution in [0.2, 0.25) is 0 Å². The molecule has 0 radical (unpaired) electrons. The Hall–Kier alpha value is -3.26. The van der Waals surface area contributed by atoms with Crippen LogP contribution in [0.5, 0.6) is 0 Å². The highest BCUT2D eigenvalue weighted by molar-refractivity contribution is 6.09. The Kier molecular flexibility index (Phi) is 5.75. The first kappa shape index (κ1) is 28.5. The fourth-order valence-electron chi connectivity index (χ4n) is 10.5.